The van der Waals surface area contributed by atoms with Crippen LogP contribution in [0.25, 0.3) is 0 Å². The van der Waals surface area contributed by atoms with E-state index in [2.05, 4.69) is 5.32 Å². The molecule has 1 aliphatic rings. The zero-order valence-electron chi connectivity index (χ0n) is 19.0. The molecule has 3 aromatic rings. The Hall–Kier alpha value is -4.26. The molecule has 0 saturated carbocycles. The maximum Gasteiger partial charge on any atom is 0.311 e. The van der Waals surface area contributed by atoms with Crippen LogP contribution in [0.1, 0.15) is 55.0 Å². The molecule has 0 aromatic heterocycles. The maximum absolute atomic E-state index is 12.5. The van der Waals surface area contributed by atoms with Gasteiger partial charge in [0.1, 0.15) is 5.75 Å². The Bertz CT molecular complexity index is 1250. The van der Waals surface area contributed by atoms with Gasteiger partial charge in [-0.25, -0.2) is 0 Å². The molecular formula is C27H24N2O5. The molecule has 0 fully saturated rings. The minimum absolute atomic E-state index is 0.0440. The van der Waals surface area contributed by atoms with Gasteiger partial charge in [-0.05, 0) is 68.3 Å². The molecule has 0 saturated heterocycles. The number of esters is 1. The minimum atomic E-state index is -0.482. The first-order valence-electron chi connectivity index (χ1n) is 11.0. The van der Waals surface area contributed by atoms with Crippen LogP contribution in [0.4, 0.5) is 5.69 Å². The van der Waals surface area contributed by atoms with Crippen LogP contribution < -0.4 is 10.1 Å². The van der Waals surface area contributed by atoms with E-state index < -0.39 is 5.97 Å². The summed E-state index contributed by atoms with van der Waals surface area (Å²) in [5, 5.41) is 2.88. The van der Waals surface area contributed by atoms with Crippen LogP contribution in [0.2, 0.25) is 0 Å². The van der Waals surface area contributed by atoms with Gasteiger partial charge < -0.3 is 10.1 Å². The highest BCUT2D eigenvalue weighted by Gasteiger charge is 2.34. The van der Waals surface area contributed by atoms with E-state index in [1.165, 1.54) is 0 Å². The topological polar surface area (TPSA) is 92.8 Å². The van der Waals surface area contributed by atoms with Gasteiger partial charge in [-0.15, -0.1) is 0 Å². The summed E-state index contributed by atoms with van der Waals surface area (Å²) in [4.78, 5) is 50.6. The third-order valence-electron chi connectivity index (χ3n) is 5.62. The molecule has 34 heavy (non-hydrogen) atoms. The fourth-order valence-corrected chi connectivity index (χ4v) is 3.83. The lowest BCUT2D eigenvalue weighted by molar-refractivity contribution is -0.134. The van der Waals surface area contributed by atoms with Crippen molar-refractivity contribution in [3.63, 3.8) is 0 Å². The van der Waals surface area contributed by atoms with Crippen LogP contribution in [0.5, 0.6) is 5.75 Å². The number of imide groups is 1. The van der Waals surface area contributed by atoms with Crippen molar-refractivity contribution in [2.75, 3.05) is 11.9 Å². The molecule has 1 N–H and O–H groups in total. The van der Waals surface area contributed by atoms with Gasteiger partial charge in [0, 0.05) is 24.2 Å². The van der Waals surface area contributed by atoms with Gasteiger partial charge in [0.2, 0.25) is 0 Å². The first kappa shape index (κ1) is 22.9. The normalized spacial score (nSPS) is 12.5. The van der Waals surface area contributed by atoms with E-state index >= 15 is 0 Å². The second kappa shape index (κ2) is 9.70. The van der Waals surface area contributed by atoms with E-state index in [1.807, 2.05) is 32.0 Å². The molecule has 7 nitrogen and oxygen atoms in total. The summed E-state index contributed by atoms with van der Waals surface area (Å²) in [7, 11) is 0. The van der Waals surface area contributed by atoms with Gasteiger partial charge in [0.15, 0.2) is 0 Å². The van der Waals surface area contributed by atoms with E-state index in [4.69, 9.17) is 4.74 Å². The molecule has 1 aliphatic heterocycles. The first-order valence-corrected chi connectivity index (χ1v) is 11.0. The molecular weight excluding hydrogens is 432 g/mol. The van der Waals surface area contributed by atoms with Crippen molar-refractivity contribution >= 4 is 29.4 Å². The van der Waals surface area contributed by atoms with Crippen molar-refractivity contribution in [2.24, 2.45) is 0 Å². The molecule has 1 heterocycles. The Balaban J connectivity index is 1.27. The third-order valence-corrected chi connectivity index (χ3v) is 5.62. The number of benzene rings is 3. The molecule has 4 rings (SSSR count). The molecule has 0 atom stereocenters. The summed E-state index contributed by atoms with van der Waals surface area (Å²) >= 11 is 0. The lowest BCUT2D eigenvalue weighted by Crippen LogP contribution is -2.31. The second-order valence-electron chi connectivity index (χ2n) is 8.18. The average molecular weight is 456 g/mol. The first-order chi connectivity index (χ1) is 16.3. The van der Waals surface area contributed by atoms with Crippen LogP contribution in [0.3, 0.4) is 0 Å². The number of carbonyl (C=O) groups is 4. The molecule has 0 bridgehead atoms. The Labute approximate surface area is 197 Å². The summed E-state index contributed by atoms with van der Waals surface area (Å²) in [5.74, 6) is -1.11. The Morgan fingerprint density at radius 3 is 2.15 bits per heavy atom. The SMILES string of the molecule is Cc1ccc(NC(=O)c2ccc(OC(=O)CCCN3C(=O)c4ccccc4C3=O)cc2)c(C)c1. The number of ether oxygens (including phenoxy) is 1. The number of hydrogen-bond donors (Lipinski definition) is 1. The highest BCUT2D eigenvalue weighted by Crippen LogP contribution is 2.23. The molecule has 3 amide bonds. The van der Waals surface area contributed by atoms with Gasteiger partial charge in [0.05, 0.1) is 11.1 Å². The quantitative estimate of drug-likeness (QED) is 0.320. The smallest absolute Gasteiger partial charge is 0.311 e. The number of nitrogens with one attached hydrogen (secondary N) is 1. The standard InChI is InChI=1S/C27H24N2O5/c1-17-9-14-23(18(2)16-17)28-25(31)19-10-12-20(13-11-19)34-24(30)8-5-15-29-26(32)21-6-3-4-7-22(21)27(29)33/h3-4,6-7,9-14,16H,5,8,15H2,1-2H3,(H,28,31). The molecule has 0 radical (unpaired) electrons. The summed E-state index contributed by atoms with van der Waals surface area (Å²) in [6.07, 6.45) is 0.336. The molecule has 172 valence electrons. The summed E-state index contributed by atoms with van der Waals surface area (Å²) in [6, 6.07) is 18.7. The Kier molecular flexibility index (Phi) is 6.54. The van der Waals surface area contributed by atoms with Crippen LogP contribution in [-0.4, -0.2) is 35.1 Å². The number of fused-ring (bicyclic) bond motifs is 1. The summed E-state index contributed by atoms with van der Waals surface area (Å²) in [6.45, 7) is 4.06. The van der Waals surface area contributed by atoms with Crippen LogP contribution in [0.15, 0.2) is 66.7 Å². The van der Waals surface area contributed by atoms with E-state index in [0.29, 0.717) is 28.9 Å². The largest absolute Gasteiger partial charge is 0.427 e. The lowest BCUT2D eigenvalue weighted by Gasteiger charge is -2.13. The number of carbonyl (C=O) groups excluding carboxylic acids is 4. The summed E-state index contributed by atoms with van der Waals surface area (Å²) < 4.78 is 5.32. The van der Waals surface area contributed by atoms with Crippen molar-refractivity contribution in [2.45, 2.75) is 26.7 Å². The van der Waals surface area contributed by atoms with E-state index in [0.717, 1.165) is 21.7 Å². The Morgan fingerprint density at radius 1 is 0.882 bits per heavy atom. The van der Waals surface area contributed by atoms with Crippen LogP contribution in [-0.2, 0) is 4.79 Å². The van der Waals surface area contributed by atoms with Crippen molar-refractivity contribution < 1.29 is 23.9 Å². The number of hydrogen-bond acceptors (Lipinski definition) is 5. The number of anilines is 1. The van der Waals surface area contributed by atoms with Gasteiger partial charge >= 0.3 is 5.97 Å². The average Bonchev–Trinajstić information content (AvgIpc) is 3.06. The van der Waals surface area contributed by atoms with Gasteiger partial charge in [-0.3, -0.25) is 24.1 Å². The monoisotopic (exact) mass is 456 g/mol. The number of rotatable bonds is 7. The van der Waals surface area contributed by atoms with Gasteiger partial charge in [-0.2, -0.15) is 0 Å². The Morgan fingerprint density at radius 2 is 1.53 bits per heavy atom. The molecule has 0 spiro atoms. The second-order valence-corrected chi connectivity index (χ2v) is 8.18. The van der Waals surface area contributed by atoms with E-state index in [9.17, 15) is 19.2 Å². The minimum Gasteiger partial charge on any atom is -0.427 e. The van der Waals surface area contributed by atoms with Crippen molar-refractivity contribution in [1.29, 1.82) is 0 Å². The van der Waals surface area contributed by atoms with Gasteiger partial charge in [0.25, 0.3) is 17.7 Å². The van der Waals surface area contributed by atoms with Gasteiger partial charge in [-0.1, -0.05) is 29.8 Å². The summed E-state index contributed by atoms with van der Waals surface area (Å²) in [5.41, 5.74) is 4.04. The fraction of sp³-hybridized carbons (Fsp3) is 0.185. The highest BCUT2D eigenvalue weighted by atomic mass is 16.5. The number of amides is 3. The third kappa shape index (κ3) is 4.88. The fourth-order valence-electron chi connectivity index (χ4n) is 3.83. The lowest BCUT2D eigenvalue weighted by atomic mass is 10.1. The predicted molar refractivity (Wildman–Crippen MR) is 127 cm³/mol. The zero-order chi connectivity index (χ0) is 24.2. The van der Waals surface area contributed by atoms with Crippen molar-refractivity contribution in [3.8, 4) is 5.75 Å². The number of aryl methyl sites for hydroxylation is 2. The molecule has 7 heteroatoms. The van der Waals surface area contributed by atoms with Crippen molar-refractivity contribution in [3.05, 3.63) is 94.5 Å². The van der Waals surface area contributed by atoms with Crippen molar-refractivity contribution in [1.82, 2.24) is 4.90 Å². The maximum atomic E-state index is 12.5. The molecule has 3 aromatic carbocycles. The molecule has 0 unspecified atom stereocenters. The van der Waals surface area contributed by atoms with Crippen LogP contribution >= 0.6 is 0 Å². The predicted octanol–water partition coefficient (Wildman–Crippen LogP) is 4.54. The highest BCUT2D eigenvalue weighted by molar-refractivity contribution is 6.21. The zero-order valence-corrected chi connectivity index (χ0v) is 19.0. The van der Waals surface area contributed by atoms with E-state index in [1.54, 1.807) is 48.5 Å². The number of nitrogens with zero attached hydrogens (tertiary/aromatic N) is 1. The van der Waals surface area contributed by atoms with Crippen LogP contribution in [0, 0.1) is 13.8 Å². The van der Waals surface area contributed by atoms with E-state index in [-0.39, 0.29) is 30.7 Å². The molecule has 0 aliphatic carbocycles.